The van der Waals surface area contributed by atoms with E-state index in [2.05, 4.69) is 4.98 Å². The zero-order valence-electron chi connectivity index (χ0n) is 12.0. The maximum Gasteiger partial charge on any atom is 0.405 e. The first-order valence-electron chi connectivity index (χ1n) is 6.70. The monoisotopic (exact) mass is 285 g/mol. The number of carbonyl (C=O) groups is 2. The second kappa shape index (κ2) is 6.74. The van der Waals surface area contributed by atoms with Crippen LogP contribution in [0.4, 0.5) is 0 Å². The van der Waals surface area contributed by atoms with Crippen molar-refractivity contribution in [2.45, 2.75) is 26.5 Å². The molecule has 0 aliphatic heterocycles. The van der Waals surface area contributed by atoms with Crippen LogP contribution in [0, 0.1) is 0 Å². The molecule has 0 bridgehead atoms. The van der Waals surface area contributed by atoms with Crippen molar-refractivity contribution in [2.75, 3.05) is 0 Å². The van der Waals surface area contributed by atoms with E-state index in [1.165, 1.54) is 12.4 Å². The highest BCUT2D eigenvalue weighted by molar-refractivity contribution is 5.95. The second-order valence-corrected chi connectivity index (χ2v) is 4.83. The molecular formula is C16H17N2O3+. The minimum atomic E-state index is -0.487. The first kappa shape index (κ1) is 14.8. The molecular weight excluding hydrogens is 268 g/mol. The SMILES string of the molecule is CC(C)OC(=O)c1cncc[n+]1CC(=O)c1ccccc1. The van der Waals surface area contributed by atoms with Crippen molar-refractivity contribution < 1.29 is 18.9 Å². The van der Waals surface area contributed by atoms with Gasteiger partial charge in [0.25, 0.3) is 0 Å². The van der Waals surface area contributed by atoms with E-state index >= 15 is 0 Å². The van der Waals surface area contributed by atoms with Crippen LogP contribution in [0.5, 0.6) is 0 Å². The summed E-state index contributed by atoms with van der Waals surface area (Å²) in [4.78, 5) is 28.1. The molecule has 0 saturated heterocycles. The Labute approximate surface area is 123 Å². The average molecular weight is 285 g/mol. The van der Waals surface area contributed by atoms with E-state index in [1.54, 1.807) is 48.9 Å². The lowest BCUT2D eigenvalue weighted by atomic mass is 10.1. The molecule has 0 atom stereocenters. The molecule has 0 aliphatic carbocycles. The van der Waals surface area contributed by atoms with Gasteiger partial charge in [-0.05, 0) is 13.8 Å². The van der Waals surface area contributed by atoms with Crippen molar-refractivity contribution in [3.8, 4) is 0 Å². The lowest BCUT2D eigenvalue weighted by Gasteiger charge is -2.07. The van der Waals surface area contributed by atoms with Crippen molar-refractivity contribution in [2.24, 2.45) is 0 Å². The van der Waals surface area contributed by atoms with Crippen molar-refractivity contribution in [3.05, 3.63) is 60.2 Å². The highest BCUT2D eigenvalue weighted by Crippen LogP contribution is 2.02. The van der Waals surface area contributed by atoms with Crippen LogP contribution in [0.25, 0.3) is 0 Å². The molecule has 0 N–H and O–H groups in total. The zero-order valence-corrected chi connectivity index (χ0v) is 12.0. The third-order valence-electron chi connectivity index (χ3n) is 2.80. The van der Waals surface area contributed by atoms with Gasteiger partial charge in [-0.25, -0.2) is 4.79 Å². The standard InChI is InChI=1S/C16H17N2O3/c1-12(2)21-16(20)14-10-17-8-9-18(14)11-15(19)13-6-4-3-5-7-13/h3-10,12H,11H2,1-2H3/q+1. The van der Waals surface area contributed by atoms with Crippen LogP contribution in [0.3, 0.4) is 0 Å². The number of carbonyl (C=O) groups excluding carboxylic acids is 2. The minimum absolute atomic E-state index is 0.0645. The van der Waals surface area contributed by atoms with Gasteiger partial charge >= 0.3 is 11.7 Å². The number of hydrogen-bond donors (Lipinski definition) is 0. The first-order chi connectivity index (χ1) is 10.1. The Kier molecular flexibility index (Phi) is 4.77. The van der Waals surface area contributed by atoms with Gasteiger partial charge in [-0.2, -0.15) is 4.57 Å². The Morgan fingerprint density at radius 2 is 1.95 bits per heavy atom. The number of esters is 1. The predicted octanol–water partition coefficient (Wildman–Crippen LogP) is 1.82. The molecule has 1 heterocycles. The summed E-state index contributed by atoms with van der Waals surface area (Å²) in [5.41, 5.74) is 0.862. The Morgan fingerprint density at radius 1 is 1.24 bits per heavy atom. The van der Waals surface area contributed by atoms with Crippen LogP contribution in [-0.2, 0) is 11.3 Å². The largest absolute Gasteiger partial charge is 0.455 e. The molecule has 0 spiro atoms. The van der Waals surface area contributed by atoms with Crippen LogP contribution < -0.4 is 4.57 Å². The number of ketones is 1. The molecule has 5 heteroatoms. The predicted molar refractivity (Wildman–Crippen MR) is 75.8 cm³/mol. The highest BCUT2D eigenvalue weighted by Gasteiger charge is 2.24. The van der Waals surface area contributed by atoms with Gasteiger partial charge in [0.05, 0.1) is 12.3 Å². The molecule has 0 radical (unpaired) electrons. The number of rotatable bonds is 5. The number of nitrogens with zero attached hydrogens (tertiary/aromatic N) is 2. The maximum absolute atomic E-state index is 12.2. The number of aromatic nitrogens is 2. The van der Waals surface area contributed by atoms with Crippen molar-refractivity contribution in [1.29, 1.82) is 0 Å². The molecule has 0 saturated carbocycles. The van der Waals surface area contributed by atoms with Gasteiger partial charge in [-0.3, -0.25) is 9.78 Å². The number of ether oxygens (including phenoxy) is 1. The lowest BCUT2D eigenvalue weighted by molar-refractivity contribution is -0.686. The molecule has 2 aromatic rings. The molecule has 1 aromatic carbocycles. The molecule has 0 unspecified atom stereocenters. The molecule has 1 aromatic heterocycles. The number of benzene rings is 1. The Morgan fingerprint density at radius 3 is 2.62 bits per heavy atom. The van der Waals surface area contributed by atoms with E-state index in [-0.39, 0.29) is 24.1 Å². The minimum Gasteiger partial charge on any atom is -0.455 e. The fraction of sp³-hybridized carbons (Fsp3) is 0.250. The normalized spacial score (nSPS) is 10.4. The van der Waals surface area contributed by atoms with E-state index < -0.39 is 5.97 Å². The van der Waals surface area contributed by atoms with Gasteiger partial charge in [0.15, 0.2) is 6.20 Å². The van der Waals surface area contributed by atoms with Crippen LogP contribution in [0.15, 0.2) is 48.9 Å². The third-order valence-corrected chi connectivity index (χ3v) is 2.80. The summed E-state index contributed by atoms with van der Waals surface area (Å²) in [6.07, 6.45) is 4.31. The summed E-state index contributed by atoms with van der Waals surface area (Å²) in [6.45, 7) is 3.61. The Hall–Kier alpha value is -2.56. The average Bonchev–Trinajstić information content (AvgIpc) is 2.48. The van der Waals surface area contributed by atoms with Gasteiger partial charge in [-0.1, -0.05) is 30.3 Å². The van der Waals surface area contributed by atoms with Gasteiger partial charge < -0.3 is 4.74 Å². The summed E-state index contributed by atoms with van der Waals surface area (Å²) in [5.74, 6) is -0.565. The van der Waals surface area contributed by atoms with Crippen LogP contribution in [0.2, 0.25) is 0 Å². The van der Waals surface area contributed by atoms with Crippen LogP contribution >= 0.6 is 0 Å². The van der Waals surface area contributed by atoms with Crippen molar-refractivity contribution in [1.82, 2.24) is 4.98 Å². The van der Waals surface area contributed by atoms with E-state index in [1.807, 2.05) is 6.07 Å². The fourth-order valence-corrected chi connectivity index (χ4v) is 1.84. The Balaban J connectivity index is 2.21. The fourth-order valence-electron chi connectivity index (χ4n) is 1.84. The van der Waals surface area contributed by atoms with Crippen LogP contribution in [-0.4, -0.2) is 22.8 Å². The van der Waals surface area contributed by atoms with Crippen LogP contribution in [0.1, 0.15) is 34.7 Å². The maximum atomic E-state index is 12.2. The molecule has 2 rings (SSSR count). The number of Topliss-reactive ketones (excluding diaryl/α,β-unsaturated/α-hetero) is 1. The third kappa shape index (κ3) is 3.95. The van der Waals surface area contributed by atoms with E-state index in [9.17, 15) is 9.59 Å². The topological polar surface area (TPSA) is 60.1 Å². The first-order valence-corrected chi connectivity index (χ1v) is 6.70. The molecule has 21 heavy (non-hydrogen) atoms. The Bertz CT molecular complexity index is 639. The smallest absolute Gasteiger partial charge is 0.405 e. The summed E-state index contributed by atoms with van der Waals surface area (Å²) in [5, 5.41) is 0. The summed E-state index contributed by atoms with van der Waals surface area (Å²) in [6, 6.07) is 8.95. The molecule has 0 fully saturated rings. The zero-order chi connectivity index (χ0) is 15.2. The highest BCUT2D eigenvalue weighted by atomic mass is 16.5. The van der Waals surface area contributed by atoms with Gasteiger partial charge in [0.1, 0.15) is 6.20 Å². The van der Waals surface area contributed by atoms with Gasteiger partial charge in [-0.15, -0.1) is 0 Å². The summed E-state index contributed by atoms with van der Waals surface area (Å²) >= 11 is 0. The number of hydrogen-bond acceptors (Lipinski definition) is 4. The molecule has 5 nitrogen and oxygen atoms in total. The van der Waals surface area contributed by atoms with E-state index in [0.29, 0.717) is 5.56 Å². The molecule has 0 amide bonds. The quantitative estimate of drug-likeness (QED) is 0.477. The van der Waals surface area contributed by atoms with Crippen molar-refractivity contribution >= 4 is 11.8 Å². The van der Waals surface area contributed by atoms with Gasteiger partial charge in [0.2, 0.25) is 12.3 Å². The summed E-state index contributed by atoms with van der Waals surface area (Å²) < 4.78 is 6.70. The molecule has 108 valence electrons. The van der Waals surface area contributed by atoms with E-state index in [4.69, 9.17) is 4.74 Å². The van der Waals surface area contributed by atoms with E-state index in [0.717, 1.165) is 0 Å². The lowest BCUT2D eigenvalue weighted by Crippen LogP contribution is -2.44. The van der Waals surface area contributed by atoms with Gasteiger partial charge in [0, 0.05) is 5.56 Å². The summed E-state index contributed by atoms with van der Waals surface area (Å²) in [7, 11) is 0. The second-order valence-electron chi connectivity index (χ2n) is 4.83. The molecule has 0 aliphatic rings. The van der Waals surface area contributed by atoms with Crippen molar-refractivity contribution in [3.63, 3.8) is 0 Å².